The molecule has 2 amide bonds. The van der Waals surface area contributed by atoms with Crippen LogP contribution in [-0.4, -0.2) is 36.3 Å². The third kappa shape index (κ3) is 2.70. The van der Waals surface area contributed by atoms with Gasteiger partial charge in [0.2, 0.25) is 0 Å². The Balaban J connectivity index is 1.57. The lowest BCUT2D eigenvalue weighted by molar-refractivity contribution is -0.127. The van der Waals surface area contributed by atoms with Gasteiger partial charge in [-0.2, -0.15) is 0 Å². The second-order valence-corrected chi connectivity index (χ2v) is 7.67. The third-order valence-electron chi connectivity index (χ3n) is 5.59. The maximum absolute atomic E-state index is 13.0. The van der Waals surface area contributed by atoms with Crippen molar-refractivity contribution >= 4 is 23.4 Å². The third-order valence-corrected chi connectivity index (χ3v) is 5.84. The summed E-state index contributed by atoms with van der Waals surface area (Å²) >= 11 is 5.99. The van der Waals surface area contributed by atoms with Gasteiger partial charge < -0.3 is 21.3 Å². The average Bonchev–Trinajstić information content (AvgIpc) is 3.20. The number of rotatable bonds is 3. The maximum Gasteiger partial charge on any atom is 0.272 e. The van der Waals surface area contributed by atoms with Crippen molar-refractivity contribution in [1.82, 2.24) is 15.5 Å². The van der Waals surface area contributed by atoms with Gasteiger partial charge >= 0.3 is 0 Å². The smallest absolute Gasteiger partial charge is 0.272 e. The van der Waals surface area contributed by atoms with Gasteiger partial charge in [0.1, 0.15) is 5.70 Å². The quantitative estimate of drug-likeness (QED) is 0.696. The van der Waals surface area contributed by atoms with E-state index in [0.29, 0.717) is 29.6 Å². The van der Waals surface area contributed by atoms with Crippen LogP contribution in [0.2, 0.25) is 5.02 Å². The molecule has 2 unspecified atom stereocenters. The minimum absolute atomic E-state index is 0.0109. The Bertz CT molecular complexity index is 846. The number of halogens is 1. The molecule has 1 aliphatic carbocycles. The average molecular weight is 373 g/mol. The van der Waals surface area contributed by atoms with E-state index >= 15 is 0 Å². The molecule has 2 aliphatic heterocycles. The lowest BCUT2D eigenvalue weighted by Gasteiger charge is -2.25. The summed E-state index contributed by atoms with van der Waals surface area (Å²) < 4.78 is 0. The molecule has 1 aromatic carbocycles. The number of nitrogens with zero attached hydrogens (tertiary/aromatic N) is 1. The molecule has 0 aromatic heterocycles. The van der Waals surface area contributed by atoms with Crippen LogP contribution in [-0.2, 0) is 15.0 Å². The zero-order valence-corrected chi connectivity index (χ0v) is 15.3. The number of benzene rings is 1. The van der Waals surface area contributed by atoms with Gasteiger partial charge in [0.15, 0.2) is 0 Å². The summed E-state index contributed by atoms with van der Waals surface area (Å²) in [5.74, 6) is -0.0482. The number of nitrogens with one attached hydrogen (secondary N) is 2. The molecule has 3 aliphatic rings. The highest BCUT2D eigenvalue weighted by molar-refractivity contribution is 6.30. The first-order chi connectivity index (χ1) is 12.4. The number of nitrogens with two attached hydrogens (primary N) is 1. The first-order valence-electron chi connectivity index (χ1n) is 8.68. The van der Waals surface area contributed by atoms with Crippen molar-refractivity contribution in [3.05, 3.63) is 58.0 Å². The first-order valence-corrected chi connectivity index (χ1v) is 9.05. The fraction of sp³-hybridized carbons (Fsp3) is 0.368. The van der Waals surface area contributed by atoms with Crippen LogP contribution in [0, 0.1) is 5.92 Å². The number of amides is 2. The predicted molar refractivity (Wildman–Crippen MR) is 98.9 cm³/mol. The molecule has 6 nitrogen and oxygen atoms in total. The normalized spacial score (nSPS) is 28.7. The van der Waals surface area contributed by atoms with E-state index in [4.69, 9.17) is 17.3 Å². The summed E-state index contributed by atoms with van der Waals surface area (Å²) in [4.78, 5) is 27.0. The van der Waals surface area contributed by atoms with Gasteiger partial charge in [-0.15, -0.1) is 0 Å². The molecule has 2 atom stereocenters. The number of allylic oxidation sites excluding steroid dienone is 1. The summed E-state index contributed by atoms with van der Waals surface area (Å²) in [6.45, 7) is 3.16. The lowest BCUT2D eigenvalue weighted by atomic mass is 9.95. The van der Waals surface area contributed by atoms with Crippen LogP contribution < -0.4 is 16.4 Å². The second kappa shape index (κ2) is 6.14. The fourth-order valence-electron chi connectivity index (χ4n) is 4.10. The molecule has 4 rings (SSSR count). The van der Waals surface area contributed by atoms with E-state index < -0.39 is 0 Å². The number of hydrogen-bond donors (Lipinski definition) is 3. The SMILES string of the molecule is CC1=CNC(=O)/C(=C(/CN)C(=O)N2CC3CC3(c3ccc(Cl)cc3)C2)N1. The van der Waals surface area contributed by atoms with Crippen molar-refractivity contribution in [2.45, 2.75) is 18.8 Å². The van der Waals surface area contributed by atoms with Crippen molar-refractivity contribution in [2.24, 2.45) is 11.7 Å². The van der Waals surface area contributed by atoms with Gasteiger partial charge in [0.25, 0.3) is 11.8 Å². The molecule has 1 saturated carbocycles. The minimum atomic E-state index is -0.332. The number of carbonyl (C=O) groups excluding carboxylic acids is 2. The van der Waals surface area contributed by atoms with Gasteiger partial charge in [0.05, 0.1) is 5.57 Å². The van der Waals surface area contributed by atoms with E-state index in [-0.39, 0.29) is 29.5 Å². The van der Waals surface area contributed by atoms with Crippen LogP contribution in [0.15, 0.2) is 47.4 Å². The second-order valence-electron chi connectivity index (χ2n) is 7.23. The Morgan fingerprint density at radius 3 is 2.81 bits per heavy atom. The number of likely N-dealkylation sites (tertiary alicyclic amines) is 1. The molecule has 1 aromatic rings. The number of hydrogen-bond acceptors (Lipinski definition) is 4. The van der Waals surface area contributed by atoms with Gasteiger partial charge in [-0.1, -0.05) is 23.7 Å². The van der Waals surface area contributed by atoms with Crippen LogP contribution in [0.4, 0.5) is 0 Å². The molecule has 0 spiro atoms. The van der Waals surface area contributed by atoms with Gasteiger partial charge in [0, 0.05) is 42.0 Å². The highest BCUT2D eigenvalue weighted by Crippen LogP contribution is 2.59. The predicted octanol–water partition coefficient (Wildman–Crippen LogP) is 1.23. The Kier molecular flexibility index (Phi) is 4.04. The number of carbonyl (C=O) groups is 2. The highest BCUT2D eigenvalue weighted by atomic mass is 35.5. The van der Waals surface area contributed by atoms with Gasteiger partial charge in [-0.05, 0) is 37.0 Å². The molecule has 0 radical (unpaired) electrons. The van der Waals surface area contributed by atoms with Crippen molar-refractivity contribution < 1.29 is 9.59 Å². The molecular weight excluding hydrogens is 352 g/mol. The Hall–Kier alpha value is -2.31. The highest BCUT2D eigenvalue weighted by Gasteiger charge is 2.61. The summed E-state index contributed by atoms with van der Waals surface area (Å²) in [7, 11) is 0. The van der Waals surface area contributed by atoms with E-state index in [1.54, 1.807) is 6.20 Å². The van der Waals surface area contributed by atoms with E-state index in [0.717, 1.165) is 12.1 Å². The zero-order valence-electron chi connectivity index (χ0n) is 14.5. The summed E-state index contributed by atoms with van der Waals surface area (Å²) in [5.41, 5.74) is 8.40. The van der Waals surface area contributed by atoms with Crippen LogP contribution >= 0.6 is 11.6 Å². The first kappa shape index (κ1) is 17.1. The Morgan fingerprint density at radius 1 is 1.38 bits per heavy atom. The summed E-state index contributed by atoms with van der Waals surface area (Å²) in [6.07, 6.45) is 2.65. The Labute approximate surface area is 157 Å². The molecular formula is C19H21ClN4O2. The maximum atomic E-state index is 13.0. The molecule has 26 heavy (non-hydrogen) atoms. The van der Waals surface area contributed by atoms with Crippen molar-refractivity contribution in [2.75, 3.05) is 19.6 Å². The Morgan fingerprint density at radius 2 is 2.12 bits per heavy atom. The van der Waals surface area contributed by atoms with Crippen LogP contribution in [0.3, 0.4) is 0 Å². The summed E-state index contributed by atoms with van der Waals surface area (Å²) in [5, 5.41) is 6.33. The minimum Gasteiger partial charge on any atom is -0.353 e. The fourth-order valence-corrected chi connectivity index (χ4v) is 4.23. The van der Waals surface area contributed by atoms with Crippen LogP contribution in [0.25, 0.3) is 0 Å². The van der Waals surface area contributed by atoms with E-state index in [1.165, 1.54) is 5.56 Å². The molecule has 7 heteroatoms. The lowest BCUT2D eigenvalue weighted by Crippen LogP contribution is -2.41. The summed E-state index contributed by atoms with van der Waals surface area (Å²) in [6, 6.07) is 7.88. The molecule has 2 fully saturated rings. The van der Waals surface area contributed by atoms with Gasteiger partial charge in [-0.3, -0.25) is 9.59 Å². The molecule has 2 heterocycles. The standard InChI is InChI=1S/C19H21ClN4O2/c1-11-8-22-17(25)16(23-11)15(7-21)18(26)24-9-13-6-19(13,10-24)12-2-4-14(20)5-3-12/h2-5,8,13,23H,6-7,9-10,21H2,1H3,(H,22,25)/b16-15+. The largest absolute Gasteiger partial charge is 0.353 e. The number of fused-ring (bicyclic) bond motifs is 1. The molecule has 136 valence electrons. The molecule has 4 N–H and O–H groups in total. The van der Waals surface area contributed by atoms with Crippen molar-refractivity contribution in [3.8, 4) is 0 Å². The van der Waals surface area contributed by atoms with E-state index in [2.05, 4.69) is 10.6 Å². The van der Waals surface area contributed by atoms with Gasteiger partial charge in [-0.25, -0.2) is 0 Å². The molecule has 0 bridgehead atoms. The van der Waals surface area contributed by atoms with E-state index in [1.807, 2.05) is 36.1 Å². The monoisotopic (exact) mass is 372 g/mol. The topological polar surface area (TPSA) is 87.5 Å². The number of piperidine rings is 1. The van der Waals surface area contributed by atoms with Crippen molar-refractivity contribution in [3.63, 3.8) is 0 Å². The van der Waals surface area contributed by atoms with E-state index in [9.17, 15) is 9.59 Å². The van der Waals surface area contributed by atoms with Crippen LogP contribution in [0.1, 0.15) is 18.9 Å². The van der Waals surface area contributed by atoms with Crippen molar-refractivity contribution in [1.29, 1.82) is 0 Å². The zero-order chi connectivity index (χ0) is 18.5. The molecule has 1 saturated heterocycles. The van der Waals surface area contributed by atoms with Crippen LogP contribution in [0.5, 0.6) is 0 Å².